The predicted octanol–water partition coefficient (Wildman–Crippen LogP) is 4.88. The number of rotatable bonds is 3. The van der Waals surface area contributed by atoms with Gasteiger partial charge in [-0.25, -0.2) is 0 Å². The van der Waals surface area contributed by atoms with Crippen LogP contribution in [0.25, 0.3) is 0 Å². The first-order valence-electron chi connectivity index (χ1n) is 10.7. The maximum atomic E-state index is 13.6. The van der Waals surface area contributed by atoms with E-state index in [2.05, 4.69) is 0 Å². The summed E-state index contributed by atoms with van der Waals surface area (Å²) >= 11 is 6.05. The Labute approximate surface area is 200 Å². The predicted molar refractivity (Wildman–Crippen MR) is 123 cm³/mol. The van der Waals surface area contributed by atoms with Gasteiger partial charge in [-0.15, -0.1) is 0 Å². The van der Waals surface area contributed by atoms with Crippen LogP contribution < -0.4 is 9.47 Å². The van der Waals surface area contributed by atoms with Crippen LogP contribution in [0, 0.1) is 25.7 Å². The molecule has 3 aromatic carbocycles. The van der Waals surface area contributed by atoms with Crippen LogP contribution in [0.1, 0.15) is 43.3 Å². The van der Waals surface area contributed by atoms with E-state index < -0.39 is 41.3 Å². The van der Waals surface area contributed by atoms with Crippen LogP contribution in [0.3, 0.4) is 0 Å². The summed E-state index contributed by atoms with van der Waals surface area (Å²) in [5.74, 6) is -6.23. The first kappa shape index (κ1) is 22.0. The number of benzene rings is 3. The van der Waals surface area contributed by atoms with Gasteiger partial charge in [0, 0.05) is 10.9 Å². The van der Waals surface area contributed by atoms with E-state index in [0.29, 0.717) is 21.7 Å². The fraction of sp³-hybridized carbons (Fsp3) is 0.185. The van der Waals surface area contributed by atoms with Crippen molar-refractivity contribution in [1.82, 2.24) is 0 Å². The monoisotopic (exact) mass is 474 g/mol. The average molecular weight is 475 g/mol. The number of halogens is 1. The minimum atomic E-state index is -1.41. The second-order valence-electron chi connectivity index (χ2n) is 8.51. The number of carbonyl (C=O) groups is 4. The van der Waals surface area contributed by atoms with Crippen LogP contribution in [0.5, 0.6) is 11.5 Å². The molecule has 3 aromatic rings. The van der Waals surface area contributed by atoms with Crippen LogP contribution in [-0.2, 0) is 9.59 Å². The zero-order valence-electron chi connectivity index (χ0n) is 18.3. The minimum Gasteiger partial charge on any atom is -0.425 e. The maximum absolute atomic E-state index is 13.6. The van der Waals surface area contributed by atoms with Gasteiger partial charge in [0.1, 0.15) is 23.3 Å². The third-order valence-corrected chi connectivity index (χ3v) is 6.66. The van der Waals surface area contributed by atoms with E-state index in [0.717, 1.165) is 0 Å². The van der Waals surface area contributed by atoms with Crippen molar-refractivity contribution in [1.29, 1.82) is 0 Å². The molecule has 34 heavy (non-hydrogen) atoms. The van der Waals surface area contributed by atoms with Crippen molar-refractivity contribution in [2.24, 2.45) is 11.8 Å². The molecule has 6 nitrogen and oxygen atoms in total. The molecule has 2 aliphatic heterocycles. The summed E-state index contributed by atoms with van der Waals surface area (Å²) in [6, 6.07) is 16.4. The summed E-state index contributed by atoms with van der Waals surface area (Å²) in [4.78, 5) is 53.7. The number of hydrogen-bond donors (Lipinski definition) is 0. The Bertz CT molecular complexity index is 1290. The van der Waals surface area contributed by atoms with Gasteiger partial charge in [-0.2, -0.15) is 0 Å². The van der Waals surface area contributed by atoms with Crippen LogP contribution >= 0.6 is 11.6 Å². The summed E-state index contributed by atoms with van der Waals surface area (Å²) in [7, 11) is 0. The van der Waals surface area contributed by atoms with E-state index in [1.165, 1.54) is 0 Å². The Balaban J connectivity index is 1.68. The van der Waals surface area contributed by atoms with Gasteiger partial charge in [0.25, 0.3) is 0 Å². The topological polar surface area (TPSA) is 86.7 Å². The molecule has 2 aliphatic rings. The van der Waals surface area contributed by atoms with Crippen molar-refractivity contribution >= 4 is 35.1 Å². The first-order chi connectivity index (χ1) is 16.3. The lowest BCUT2D eigenvalue weighted by Gasteiger charge is -2.35. The molecule has 7 heteroatoms. The Morgan fingerprint density at radius 1 is 0.676 bits per heavy atom. The molecule has 0 fully saturated rings. The Hall–Kier alpha value is -3.77. The minimum absolute atomic E-state index is 0.196. The molecule has 0 amide bonds. The highest BCUT2D eigenvalue weighted by molar-refractivity contribution is 6.30. The zero-order chi connectivity index (χ0) is 24.1. The molecule has 170 valence electrons. The van der Waals surface area contributed by atoms with Gasteiger partial charge in [-0.05, 0) is 54.8 Å². The number of carbonyl (C=O) groups excluding carboxylic acids is 4. The number of Topliss-reactive ketones (excluding diaryl/α,β-unsaturated/α-hetero) is 2. The highest BCUT2D eigenvalue weighted by Crippen LogP contribution is 2.45. The van der Waals surface area contributed by atoms with Gasteiger partial charge in [0.2, 0.25) is 0 Å². The summed E-state index contributed by atoms with van der Waals surface area (Å²) in [5, 5.41) is 0.430. The van der Waals surface area contributed by atoms with E-state index in [4.69, 9.17) is 21.1 Å². The average Bonchev–Trinajstić information content (AvgIpc) is 2.80. The molecule has 0 aliphatic carbocycles. The highest BCUT2D eigenvalue weighted by atomic mass is 35.5. The summed E-state index contributed by atoms with van der Waals surface area (Å²) in [5.41, 5.74) is 2.17. The lowest BCUT2D eigenvalue weighted by Crippen LogP contribution is -2.46. The maximum Gasteiger partial charge on any atom is 0.322 e. The molecular weight excluding hydrogens is 456 g/mol. The molecule has 0 spiro atoms. The standard InChI is InChI=1S/C27H19ClO6/c1-13-5-3-7-17-22(29)20(26(31)33-24(13)17)19(15-9-11-16(28)12-10-15)21-23(30)18-8-4-6-14(2)25(18)34-27(21)32/h3-12,19-21H,1-2H3. The van der Waals surface area contributed by atoms with Gasteiger partial charge >= 0.3 is 11.9 Å². The highest BCUT2D eigenvalue weighted by Gasteiger charge is 2.52. The fourth-order valence-electron chi connectivity index (χ4n) is 4.72. The molecule has 2 atom stereocenters. The largest absolute Gasteiger partial charge is 0.425 e. The molecule has 0 radical (unpaired) electrons. The van der Waals surface area contributed by atoms with Gasteiger partial charge in [-0.3, -0.25) is 19.2 Å². The number of esters is 2. The normalized spacial score (nSPS) is 20.2. The van der Waals surface area contributed by atoms with Crippen LogP contribution in [0.2, 0.25) is 5.02 Å². The second-order valence-corrected chi connectivity index (χ2v) is 8.94. The summed E-state index contributed by atoms with van der Waals surface area (Å²) in [6.07, 6.45) is 0. The third-order valence-electron chi connectivity index (χ3n) is 6.41. The number of aryl methyl sites for hydroxylation is 2. The number of fused-ring (bicyclic) bond motifs is 2. The van der Waals surface area contributed by atoms with E-state index in [1.807, 2.05) is 0 Å². The van der Waals surface area contributed by atoms with Crippen LogP contribution in [-0.4, -0.2) is 23.5 Å². The van der Waals surface area contributed by atoms with Crippen molar-refractivity contribution in [2.75, 3.05) is 0 Å². The summed E-state index contributed by atoms with van der Waals surface area (Å²) < 4.78 is 11.1. The fourth-order valence-corrected chi connectivity index (χ4v) is 4.85. The van der Waals surface area contributed by atoms with Crippen LogP contribution in [0.4, 0.5) is 0 Å². The molecule has 0 aromatic heterocycles. The number of hydrogen-bond acceptors (Lipinski definition) is 6. The van der Waals surface area contributed by atoms with Gasteiger partial charge < -0.3 is 9.47 Å². The number of ether oxygens (including phenoxy) is 2. The van der Waals surface area contributed by atoms with E-state index in [1.54, 1.807) is 74.5 Å². The van der Waals surface area contributed by atoms with Crippen molar-refractivity contribution in [3.05, 3.63) is 93.5 Å². The number of ketones is 2. The molecule has 0 bridgehead atoms. The Morgan fingerprint density at radius 2 is 1.12 bits per heavy atom. The lowest BCUT2D eigenvalue weighted by molar-refractivity contribution is -0.142. The van der Waals surface area contributed by atoms with E-state index >= 15 is 0 Å². The van der Waals surface area contributed by atoms with Crippen LogP contribution in [0.15, 0.2) is 60.7 Å². The molecule has 0 N–H and O–H groups in total. The SMILES string of the molecule is Cc1cccc2c1OC(=O)C(C(c1ccc(Cl)cc1)C1C(=O)Oc3c(C)cccc3C1=O)C2=O. The molecular formula is C27H19ClO6. The number of para-hydroxylation sites is 2. The van der Waals surface area contributed by atoms with Crippen molar-refractivity contribution in [2.45, 2.75) is 19.8 Å². The van der Waals surface area contributed by atoms with E-state index in [9.17, 15) is 19.2 Å². The smallest absolute Gasteiger partial charge is 0.322 e. The Morgan fingerprint density at radius 3 is 1.56 bits per heavy atom. The van der Waals surface area contributed by atoms with Crippen molar-refractivity contribution in [3.63, 3.8) is 0 Å². The lowest BCUT2D eigenvalue weighted by atomic mass is 9.70. The van der Waals surface area contributed by atoms with Crippen molar-refractivity contribution in [3.8, 4) is 11.5 Å². The van der Waals surface area contributed by atoms with Gasteiger partial charge in [0.15, 0.2) is 11.6 Å². The van der Waals surface area contributed by atoms with Gasteiger partial charge in [0.05, 0.1) is 11.1 Å². The first-order valence-corrected chi connectivity index (χ1v) is 11.1. The van der Waals surface area contributed by atoms with Crippen molar-refractivity contribution < 1.29 is 28.7 Å². The quantitative estimate of drug-likeness (QED) is 0.305. The van der Waals surface area contributed by atoms with Gasteiger partial charge in [-0.1, -0.05) is 48.0 Å². The third kappa shape index (κ3) is 3.42. The Kier molecular flexibility index (Phi) is 5.33. The molecule has 2 unspecified atom stereocenters. The van der Waals surface area contributed by atoms with E-state index in [-0.39, 0.29) is 22.6 Å². The zero-order valence-corrected chi connectivity index (χ0v) is 19.1. The molecule has 2 heterocycles. The summed E-state index contributed by atoms with van der Waals surface area (Å²) in [6.45, 7) is 3.47. The second kappa shape index (κ2) is 8.22. The molecule has 5 rings (SSSR count). The molecule has 0 saturated carbocycles. The molecule has 0 saturated heterocycles.